The average molecular weight is 251 g/mol. The average Bonchev–Trinajstić information content (AvgIpc) is 2.76. The molecule has 1 aliphatic rings. The molecular weight excluding hydrogens is 230 g/mol. The van der Waals surface area contributed by atoms with E-state index in [9.17, 15) is 4.79 Å². The van der Waals surface area contributed by atoms with Gasteiger partial charge in [0.1, 0.15) is 11.5 Å². The summed E-state index contributed by atoms with van der Waals surface area (Å²) in [5, 5.41) is 6.96. The van der Waals surface area contributed by atoms with E-state index >= 15 is 0 Å². The fraction of sp³-hybridized carbons (Fsp3) is 0.692. The first-order valence-electron chi connectivity index (χ1n) is 6.59. The monoisotopic (exact) mass is 251 g/mol. The van der Waals surface area contributed by atoms with Gasteiger partial charge in [-0.25, -0.2) is 4.79 Å². The van der Waals surface area contributed by atoms with E-state index < -0.39 is 0 Å². The number of nitrogens with one attached hydrogen (secondary N) is 1. The van der Waals surface area contributed by atoms with Crippen molar-refractivity contribution in [2.24, 2.45) is 0 Å². The fourth-order valence-corrected chi connectivity index (χ4v) is 2.34. The van der Waals surface area contributed by atoms with Gasteiger partial charge in [-0.1, -0.05) is 24.4 Å². The molecule has 1 aliphatic carbocycles. The quantitative estimate of drug-likeness (QED) is 0.897. The third-order valence-corrected chi connectivity index (χ3v) is 3.36. The van der Waals surface area contributed by atoms with Crippen molar-refractivity contribution in [3.05, 3.63) is 17.5 Å². The Kier molecular flexibility index (Phi) is 4.23. The lowest BCUT2D eigenvalue weighted by Gasteiger charge is -2.25. The number of hydrogen-bond acceptors (Lipinski definition) is 3. The Morgan fingerprint density at radius 2 is 2.22 bits per heavy atom. The minimum absolute atomic E-state index is 0.0254. The van der Waals surface area contributed by atoms with Crippen LogP contribution in [0.25, 0.3) is 0 Å². The van der Waals surface area contributed by atoms with Crippen molar-refractivity contribution in [1.29, 1.82) is 0 Å². The van der Waals surface area contributed by atoms with Gasteiger partial charge in [-0.05, 0) is 19.8 Å². The van der Waals surface area contributed by atoms with Gasteiger partial charge in [0, 0.05) is 19.2 Å². The molecule has 0 aliphatic heterocycles. The summed E-state index contributed by atoms with van der Waals surface area (Å²) in [7, 11) is 1.78. The third-order valence-electron chi connectivity index (χ3n) is 3.36. The summed E-state index contributed by atoms with van der Waals surface area (Å²) in [5.74, 6) is 0.770. The second-order valence-electron chi connectivity index (χ2n) is 5.07. The van der Waals surface area contributed by atoms with Crippen molar-refractivity contribution in [2.75, 3.05) is 7.05 Å². The summed E-state index contributed by atoms with van der Waals surface area (Å²) in [4.78, 5) is 13.6. The molecule has 5 heteroatoms. The SMILES string of the molecule is Cc1cc(CN(C)C(=O)NC2CCCCC2)no1. The van der Waals surface area contributed by atoms with Crippen LogP contribution in [0.2, 0.25) is 0 Å². The number of urea groups is 1. The van der Waals surface area contributed by atoms with Crippen molar-refractivity contribution < 1.29 is 9.32 Å². The van der Waals surface area contributed by atoms with Gasteiger partial charge in [0.15, 0.2) is 0 Å². The molecule has 0 unspecified atom stereocenters. The first kappa shape index (κ1) is 12.9. The zero-order valence-corrected chi connectivity index (χ0v) is 11.1. The number of carbonyl (C=O) groups excluding carboxylic acids is 1. The number of hydrogen-bond donors (Lipinski definition) is 1. The Balaban J connectivity index is 1.80. The highest BCUT2D eigenvalue weighted by molar-refractivity contribution is 5.74. The van der Waals surface area contributed by atoms with E-state index in [0.29, 0.717) is 12.6 Å². The van der Waals surface area contributed by atoms with E-state index in [4.69, 9.17) is 4.52 Å². The summed E-state index contributed by atoms with van der Waals surface area (Å²) in [6, 6.07) is 2.17. The first-order valence-corrected chi connectivity index (χ1v) is 6.59. The molecule has 1 aromatic heterocycles. The molecule has 100 valence electrons. The van der Waals surface area contributed by atoms with E-state index in [1.54, 1.807) is 11.9 Å². The molecule has 0 saturated heterocycles. The third kappa shape index (κ3) is 3.48. The maximum absolute atomic E-state index is 12.0. The fourth-order valence-electron chi connectivity index (χ4n) is 2.34. The summed E-state index contributed by atoms with van der Waals surface area (Å²) in [5.41, 5.74) is 0.786. The molecule has 0 radical (unpaired) electrons. The number of carbonyl (C=O) groups is 1. The molecule has 1 N–H and O–H groups in total. The van der Waals surface area contributed by atoms with E-state index in [2.05, 4.69) is 10.5 Å². The maximum atomic E-state index is 12.0. The second kappa shape index (κ2) is 5.89. The van der Waals surface area contributed by atoms with Crippen LogP contribution in [0.15, 0.2) is 10.6 Å². The van der Waals surface area contributed by atoms with Gasteiger partial charge in [0.05, 0.1) is 6.54 Å². The Bertz CT molecular complexity index is 397. The van der Waals surface area contributed by atoms with Crippen LogP contribution < -0.4 is 5.32 Å². The summed E-state index contributed by atoms with van der Waals surface area (Å²) < 4.78 is 4.99. The molecule has 0 atom stereocenters. The normalized spacial score (nSPS) is 16.6. The predicted molar refractivity (Wildman–Crippen MR) is 68.1 cm³/mol. The second-order valence-corrected chi connectivity index (χ2v) is 5.07. The molecular formula is C13H21N3O2. The van der Waals surface area contributed by atoms with Gasteiger partial charge >= 0.3 is 6.03 Å². The minimum atomic E-state index is -0.0254. The number of aryl methyl sites for hydroxylation is 1. The standard InChI is InChI=1S/C13H21N3O2/c1-10-8-12(15-18-10)9-16(2)13(17)14-11-6-4-3-5-7-11/h8,11H,3-7,9H2,1-2H3,(H,14,17). The number of amides is 2. The lowest BCUT2D eigenvalue weighted by Crippen LogP contribution is -2.43. The van der Waals surface area contributed by atoms with Crippen LogP contribution in [-0.2, 0) is 6.54 Å². The summed E-state index contributed by atoms with van der Waals surface area (Å²) in [6.45, 7) is 2.33. The highest BCUT2D eigenvalue weighted by Gasteiger charge is 2.18. The molecule has 1 aromatic rings. The van der Waals surface area contributed by atoms with Crippen molar-refractivity contribution in [1.82, 2.24) is 15.4 Å². The van der Waals surface area contributed by atoms with Crippen LogP contribution in [0.4, 0.5) is 4.79 Å². The van der Waals surface area contributed by atoms with Crippen molar-refractivity contribution >= 4 is 6.03 Å². The Morgan fingerprint density at radius 1 is 1.50 bits per heavy atom. The molecule has 18 heavy (non-hydrogen) atoms. The van der Waals surface area contributed by atoms with Crippen LogP contribution in [0, 0.1) is 6.92 Å². The van der Waals surface area contributed by atoms with E-state index in [1.807, 2.05) is 13.0 Å². The molecule has 2 amide bonds. The van der Waals surface area contributed by atoms with Crippen LogP contribution >= 0.6 is 0 Å². The molecule has 0 aromatic carbocycles. The highest BCUT2D eigenvalue weighted by atomic mass is 16.5. The number of rotatable bonds is 3. The number of aromatic nitrogens is 1. The topological polar surface area (TPSA) is 58.4 Å². The molecule has 1 saturated carbocycles. The molecule has 2 rings (SSSR count). The molecule has 5 nitrogen and oxygen atoms in total. The van der Waals surface area contributed by atoms with Crippen LogP contribution in [-0.4, -0.2) is 29.2 Å². The molecule has 1 heterocycles. The van der Waals surface area contributed by atoms with Crippen LogP contribution in [0.5, 0.6) is 0 Å². The summed E-state index contributed by atoms with van der Waals surface area (Å²) in [6.07, 6.45) is 5.93. The van der Waals surface area contributed by atoms with E-state index in [1.165, 1.54) is 19.3 Å². The Labute approximate surface area is 108 Å². The van der Waals surface area contributed by atoms with Gasteiger partial charge in [0.25, 0.3) is 0 Å². The van der Waals surface area contributed by atoms with E-state index in [-0.39, 0.29) is 6.03 Å². The Hall–Kier alpha value is -1.52. The van der Waals surface area contributed by atoms with Crippen molar-refractivity contribution in [3.63, 3.8) is 0 Å². The van der Waals surface area contributed by atoms with E-state index in [0.717, 1.165) is 24.3 Å². The molecule has 0 spiro atoms. The summed E-state index contributed by atoms with van der Waals surface area (Å²) >= 11 is 0. The van der Waals surface area contributed by atoms with Gasteiger partial charge in [-0.3, -0.25) is 0 Å². The van der Waals surface area contributed by atoms with Crippen LogP contribution in [0.1, 0.15) is 43.6 Å². The van der Waals surface area contributed by atoms with Gasteiger partial charge < -0.3 is 14.7 Å². The highest BCUT2D eigenvalue weighted by Crippen LogP contribution is 2.17. The largest absolute Gasteiger partial charge is 0.361 e. The smallest absolute Gasteiger partial charge is 0.317 e. The van der Waals surface area contributed by atoms with Gasteiger partial charge in [-0.2, -0.15) is 0 Å². The minimum Gasteiger partial charge on any atom is -0.361 e. The van der Waals surface area contributed by atoms with Gasteiger partial charge in [-0.15, -0.1) is 0 Å². The van der Waals surface area contributed by atoms with Crippen molar-refractivity contribution in [3.8, 4) is 0 Å². The first-order chi connectivity index (χ1) is 8.65. The predicted octanol–water partition coefficient (Wildman–Crippen LogP) is 2.46. The molecule has 0 bridgehead atoms. The van der Waals surface area contributed by atoms with Crippen molar-refractivity contribution in [2.45, 2.75) is 51.6 Å². The van der Waals surface area contributed by atoms with Crippen LogP contribution in [0.3, 0.4) is 0 Å². The zero-order valence-electron chi connectivity index (χ0n) is 11.1. The Morgan fingerprint density at radius 3 is 2.83 bits per heavy atom. The maximum Gasteiger partial charge on any atom is 0.317 e. The number of nitrogens with zero attached hydrogens (tertiary/aromatic N) is 2. The lowest BCUT2D eigenvalue weighted by molar-refractivity contribution is 0.197. The van der Waals surface area contributed by atoms with Gasteiger partial charge in [0.2, 0.25) is 0 Å². The zero-order chi connectivity index (χ0) is 13.0. The lowest BCUT2D eigenvalue weighted by atomic mass is 9.96. The molecule has 1 fully saturated rings.